The minimum atomic E-state index is -0.543. The monoisotopic (exact) mass is 438 g/mol. The van der Waals surface area contributed by atoms with Gasteiger partial charge in [-0.25, -0.2) is 19.3 Å². The predicted molar refractivity (Wildman–Crippen MR) is 118 cm³/mol. The van der Waals surface area contributed by atoms with Crippen LogP contribution in [-0.2, 0) is 25.4 Å². The normalized spacial score (nSPS) is 17.0. The lowest BCUT2D eigenvalue weighted by molar-refractivity contribution is -0.135. The number of aryl methyl sites for hydroxylation is 2. The van der Waals surface area contributed by atoms with Gasteiger partial charge in [-0.3, -0.25) is 14.2 Å². The SMILES string of the molecule is Cn1cnc2c1c(=O)n(CC(=O)N1CCCCC1c1nc3ccccc3s1)c(=O)n2C. The van der Waals surface area contributed by atoms with Gasteiger partial charge in [0.25, 0.3) is 5.56 Å². The van der Waals surface area contributed by atoms with Crippen LogP contribution in [0.3, 0.4) is 0 Å². The molecule has 1 aromatic carbocycles. The van der Waals surface area contributed by atoms with E-state index in [1.165, 1.54) is 10.9 Å². The number of hydrogen-bond acceptors (Lipinski definition) is 6. The number of nitrogens with zero attached hydrogens (tertiary/aromatic N) is 6. The van der Waals surface area contributed by atoms with E-state index in [0.717, 1.165) is 39.1 Å². The van der Waals surface area contributed by atoms with Gasteiger partial charge in [-0.2, -0.15) is 0 Å². The first-order valence-corrected chi connectivity index (χ1v) is 11.0. The van der Waals surface area contributed by atoms with Crippen LogP contribution in [0.5, 0.6) is 0 Å². The number of fused-ring (bicyclic) bond motifs is 2. The van der Waals surface area contributed by atoms with E-state index in [-0.39, 0.29) is 18.5 Å². The Labute approximate surface area is 181 Å². The molecule has 0 spiro atoms. The van der Waals surface area contributed by atoms with E-state index in [9.17, 15) is 14.4 Å². The number of carbonyl (C=O) groups excluding carboxylic acids is 1. The molecule has 10 heteroatoms. The number of imidazole rings is 1. The van der Waals surface area contributed by atoms with Crippen molar-refractivity contribution >= 4 is 38.6 Å². The van der Waals surface area contributed by atoms with Gasteiger partial charge in [-0.15, -0.1) is 11.3 Å². The fourth-order valence-electron chi connectivity index (χ4n) is 4.28. The summed E-state index contributed by atoms with van der Waals surface area (Å²) in [5, 5.41) is 0.900. The number of benzene rings is 1. The molecule has 5 rings (SSSR count). The predicted octanol–water partition coefficient (Wildman–Crippen LogP) is 1.80. The van der Waals surface area contributed by atoms with Crippen LogP contribution in [0.25, 0.3) is 21.4 Å². The fraction of sp³-hybridized carbons (Fsp3) is 0.381. The maximum absolute atomic E-state index is 13.3. The molecule has 3 aromatic heterocycles. The van der Waals surface area contributed by atoms with Gasteiger partial charge in [-0.1, -0.05) is 12.1 Å². The number of likely N-dealkylation sites (tertiary alicyclic amines) is 1. The van der Waals surface area contributed by atoms with Crippen molar-refractivity contribution in [2.24, 2.45) is 14.1 Å². The molecule has 0 aliphatic carbocycles. The van der Waals surface area contributed by atoms with Crippen molar-refractivity contribution in [2.75, 3.05) is 6.54 Å². The van der Waals surface area contributed by atoms with Crippen LogP contribution in [-0.4, -0.2) is 41.0 Å². The Morgan fingerprint density at radius 2 is 2.00 bits per heavy atom. The van der Waals surface area contributed by atoms with Gasteiger partial charge >= 0.3 is 5.69 Å². The van der Waals surface area contributed by atoms with Crippen LogP contribution < -0.4 is 11.2 Å². The summed E-state index contributed by atoms with van der Waals surface area (Å²) in [7, 11) is 3.25. The Bertz CT molecular complexity index is 1400. The van der Waals surface area contributed by atoms with E-state index in [1.807, 2.05) is 24.3 Å². The van der Waals surface area contributed by atoms with Crippen molar-refractivity contribution in [1.29, 1.82) is 0 Å². The fourth-order valence-corrected chi connectivity index (χ4v) is 5.40. The summed E-state index contributed by atoms with van der Waals surface area (Å²) < 4.78 is 4.98. The van der Waals surface area contributed by atoms with Crippen molar-refractivity contribution in [3.63, 3.8) is 0 Å². The maximum atomic E-state index is 13.3. The number of carbonyl (C=O) groups is 1. The number of hydrogen-bond donors (Lipinski definition) is 0. The Balaban J connectivity index is 1.51. The Morgan fingerprint density at radius 1 is 1.19 bits per heavy atom. The Hall–Kier alpha value is -3.27. The topological polar surface area (TPSA) is 95.0 Å². The number of thiazole rings is 1. The van der Waals surface area contributed by atoms with Crippen molar-refractivity contribution in [2.45, 2.75) is 31.8 Å². The molecule has 1 unspecified atom stereocenters. The molecule has 1 saturated heterocycles. The average molecular weight is 439 g/mol. The van der Waals surface area contributed by atoms with Gasteiger partial charge in [-0.05, 0) is 31.4 Å². The van der Waals surface area contributed by atoms with E-state index in [0.29, 0.717) is 17.7 Å². The smallest absolute Gasteiger partial charge is 0.332 e. The summed E-state index contributed by atoms with van der Waals surface area (Å²) >= 11 is 1.59. The summed E-state index contributed by atoms with van der Waals surface area (Å²) in [6.07, 6.45) is 4.21. The summed E-state index contributed by atoms with van der Waals surface area (Å²) in [6, 6.07) is 7.78. The third-order valence-corrected chi connectivity index (χ3v) is 7.05. The van der Waals surface area contributed by atoms with Crippen LogP contribution in [0.4, 0.5) is 0 Å². The zero-order valence-corrected chi connectivity index (χ0v) is 18.1. The molecule has 0 N–H and O–H groups in total. The number of aromatic nitrogens is 5. The molecule has 1 atom stereocenters. The molecule has 160 valence electrons. The van der Waals surface area contributed by atoms with Gasteiger partial charge in [0.15, 0.2) is 11.2 Å². The highest BCUT2D eigenvalue weighted by atomic mass is 32.1. The summed E-state index contributed by atoms with van der Waals surface area (Å²) in [6.45, 7) is 0.288. The van der Waals surface area contributed by atoms with E-state index in [4.69, 9.17) is 4.98 Å². The molecule has 0 radical (unpaired) electrons. The van der Waals surface area contributed by atoms with Crippen molar-refractivity contribution in [3.05, 3.63) is 56.4 Å². The third kappa shape index (κ3) is 3.18. The highest BCUT2D eigenvalue weighted by Crippen LogP contribution is 2.35. The zero-order chi connectivity index (χ0) is 21.7. The Morgan fingerprint density at radius 3 is 2.81 bits per heavy atom. The molecule has 1 aliphatic rings. The molecule has 4 aromatic rings. The summed E-state index contributed by atoms with van der Waals surface area (Å²) in [4.78, 5) is 49.7. The van der Waals surface area contributed by atoms with Crippen molar-refractivity contribution < 1.29 is 4.79 Å². The van der Waals surface area contributed by atoms with Gasteiger partial charge < -0.3 is 9.47 Å². The lowest BCUT2D eigenvalue weighted by Crippen LogP contribution is -2.46. The highest BCUT2D eigenvalue weighted by Gasteiger charge is 2.31. The van der Waals surface area contributed by atoms with Gasteiger partial charge in [0.1, 0.15) is 11.6 Å². The van der Waals surface area contributed by atoms with Crippen LogP contribution in [0.1, 0.15) is 30.3 Å². The molecule has 31 heavy (non-hydrogen) atoms. The van der Waals surface area contributed by atoms with Crippen LogP contribution in [0.15, 0.2) is 40.2 Å². The van der Waals surface area contributed by atoms with E-state index >= 15 is 0 Å². The van der Waals surface area contributed by atoms with E-state index in [2.05, 4.69) is 4.98 Å². The highest BCUT2D eigenvalue weighted by molar-refractivity contribution is 7.18. The lowest BCUT2D eigenvalue weighted by Gasteiger charge is -2.34. The lowest BCUT2D eigenvalue weighted by atomic mass is 10.0. The zero-order valence-electron chi connectivity index (χ0n) is 17.3. The summed E-state index contributed by atoms with van der Waals surface area (Å²) in [5.41, 5.74) is 0.494. The molecule has 1 amide bonds. The first-order valence-electron chi connectivity index (χ1n) is 10.2. The third-order valence-electron chi connectivity index (χ3n) is 5.91. The molecule has 0 bridgehead atoms. The number of rotatable bonds is 3. The average Bonchev–Trinajstić information content (AvgIpc) is 3.39. The molecular formula is C21H22N6O3S. The minimum Gasteiger partial charge on any atom is -0.332 e. The molecule has 4 heterocycles. The van der Waals surface area contributed by atoms with Crippen LogP contribution >= 0.6 is 11.3 Å². The van der Waals surface area contributed by atoms with E-state index in [1.54, 1.807) is 34.9 Å². The van der Waals surface area contributed by atoms with Crippen molar-refractivity contribution in [1.82, 2.24) is 28.6 Å². The summed E-state index contributed by atoms with van der Waals surface area (Å²) in [5.74, 6) is -0.246. The second-order valence-electron chi connectivity index (χ2n) is 7.88. The molecule has 9 nitrogen and oxygen atoms in total. The Kier molecular flexibility index (Phi) is 4.73. The second kappa shape index (κ2) is 7.45. The van der Waals surface area contributed by atoms with Crippen LogP contribution in [0.2, 0.25) is 0 Å². The number of para-hydroxylation sites is 1. The molecule has 1 aliphatic heterocycles. The maximum Gasteiger partial charge on any atom is 0.332 e. The van der Waals surface area contributed by atoms with Crippen molar-refractivity contribution in [3.8, 4) is 0 Å². The first kappa shape index (κ1) is 19.7. The standard InChI is InChI=1S/C21H22N6O3S/c1-24-12-22-18-17(24)20(29)27(21(30)25(18)2)11-16(28)26-10-6-5-8-14(26)19-23-13-7-3-4-9-15(13)31-19/h3-4,7,9,12,14H,5-6,8,10-11H2,1-2H3. The molecular weight excluding hydrogens is 416 g/mol. The molecule has 0 saturated carbocycles. The number of amides is 1. The quantitative estimate of drug-likeness (QED) is 0.486. The van der Waals surface area contributed by atoms with E-state index < -0.39 is 11.2 Å². The second-order valence-corrected chi connectivity index (χ2v) is 8.94. The van der Waals surface area contributed by atoms with Gasteiger partial charge in [0.2, 0.25) is 5.91 Å². The largest absolute Gasteiger partial charge is 0.332 e. The molecule has 1 fully saturated rings. The van der Waals surface area contributed by atoms with Crippen LogP contribution in [0, 0.1) is 0 Å². The minimum absolute atomic E-state index is 0.140. The van der Waals surface area contributed by atoms with Gasteiger partial charge in [0.05, 0.1) is 22.6 Å². The first-order chi connectivity index (χ1) is 15.0. The number of piperidine rings is 1. The van der Waals surface area contributed by atoms with Gasteiger partial charge in [0, 0.05) is 20.6 Å².